The van der Waals surface area contributed by atoms with Gasteiger partial charge in [-0.25, -0.2) is 0 Å². The van der Waals surface area contributed by atoms with Gasteiger partial charge in [-0.1, -0.05) is 35.9 Å². The van der Waals surface area contributed by atoms with E-state index in [4.69, 9.17) is 11.6 Å². The first kappa shape index (κ1) is 14.1. The molecular weight excluding hydrogens is 280 g/mol. The Morgan fingerprint density at radius 1 is 1.00 bits per heavy atom. The molecule has 1 N–H and O–H groups in total. The van der Waals surface area contributed by atoms with Gasteiger partial charge in [-0.2, -0.15) is 0 Å². The molecule has 1 heterocycles. The molecule has 3 rings (SSSR count). The number of nitrogens with one attached hydrogen (secondary N) is 1. The Bertz CT molecular complexity index is 796. The van der Waals surface area contributed by atoms with E-state index in [-0.39, 0.29) is 0 Å². The van der Waals surface area contributed by atoms with Crippen LogP contribution in [0.2, 0.25) is 5.02 Å². The van der Waals surface area contributed by atoms with Crippen molar-refractivity contribution in [2.45, 2.75) is 13.5 Å². The number of halogens is 1. The molecule has 0 spiro atoms. The van der Waals surface area contributed by atoms with Crippen LogP contribution in [0.15, 0.2) is 48.5 Å². The molecule has 0 aliphatic rings. The number of rotatable bonds is 3. The summed E-state index contributed by atoms with van der Waals surface area (Å²) in [6, 6.07) is 16.7. The Balaban J connectivity index is 2.03. The smallest absolute Gasteiger partial charge is 0.0705 e. The van der Waals surface area contributed by atoms with E-state index in [2.05, 4.69) is 46.7 Å². The Hall–Kier alpha value is -1.90. The Labute approximate surface area is 129 Å². The highest BCUT2D eigenvalue weighted by Gasteiger charge is 2.05. The van der Waals surface area contributed by atoms with Gasteiger partial charge in [0, 0.05) is 22.6 Å². The molecule has 2 nitrogen and oxygen atoms in total. The molecule has 0 aliphatic heterocycles. The number of pyridine rings is 1. The van der Waals surface area contributed by atoms with Gasteiger partial charge in [-0.3, -0.25) is 4.98 Å². The predicted octanol–water partition coefficient (Wildman–Crippen LogP) is 4.58. The Morgan fingerprint density at radius 3 is 2.52 bits per heavy atom. The molecule has 0 amide bonds. The SMILES string of the molecule is CNCc1ccc(-c2ccc3nc(C)ccc3c2)cc1Cl. The van der Waals surface area contributed by atoms with Crippen molar-refractivity contribution in [2.75, 3.05) is 7.05 Å². The standard InChI is InChI=1S/C18H17ClN2/c1-12-3-4-15-9-13(7-8-18(15)21-12)14-5-6-16(11-20-2)17(19)10-14/h3-10,20H,11H2,1-2H3. The van der Waals surface area contributed by atoms with Crippen molar-refractivity contribution in [3.8, 4) is 11.1 Å². The fourth-order valence-corrected chi connectivity index (χ4v) is 2.72. The van der Waals surface area contributed by atoms with Gasteiger partial charge >= 0.3 is 0 Å². The van der Waals surface area contributed by atoms with Crippen molar-refractivity contribution in [3.63, 3.8) is 0 Å². The first-order valence-electron chi connectivity index (χ1n) is 6.98. The van der Waals surface area contributed by atoms with Gasteiger partial charge in [0.1, 0.15) is 0 Å². The first-order valence-corrected chi connectivity index (χ1v) is 7.36. The monoisotopic (exact) mass is 296 g/mol. The van der Waals surface area contributed by atoms with Crippen LogP contribution in [0.1, 0.15) is 11.3 Å². The lowest BCUT2D eigenvalue weighted by molar-refractivity contribution is 0.818. The van der Waals surface area contributed by atoms with Crippen LogP contribution in [0.5, 0.6) is 0 Å². The van der Waals surface area contributed by atoms with E-state index in [0.717, 1.165) is 44.9 Å². The molecule has 0 aliphatic carbocycles. The van der Waals surface area contributed by atoms with E-state index in [1.165, 1.54) is 0 Å². The van der Waals surface area contributed by atoms with E-state index in [9.17, 15) is 0 Å². The number of hydrogen-bond acceptors (Lipinski definition) is 2. The second kappa shape index (κ2) is 5.84. The van der Waals surface area contributed by atoms with Gasteiger partial charge < -0.3 is 5.32 Å². The third-order valence-electron chi connectivity index (χ3n) is 3.58. The van der Waals surface area contributed by atoms with Crippen molar-refractivity contribution in [2.24, 2.45) is 0 Å². The third-order valence-corrected chi connectivity index (χ3v) is 3.93. The maximum atomic E-state index is 6.34. The summed E-state index contributed by atoms with van der Waals surface area (Å²) in [5, 5.41) is 5.06. The second-order valence-electron chi connectivity index (χ2n) is 5.20. The lowest BCUT2D eigenvalue weighted by Gasteiger charge is -2.08. The van der Waals surface area contributed by atoms with Gasteiger partial charge in [0.25, 0.3) is 0 Å². The summed E-state index contributed by atoms with van der Waals surface area (Å²) in [6.07, 6.45) is 0. The third kappa shape index (κ3) is 2.92. The summed E-state index contributed by atoms with van der Waals surface area (Å²) in [6.45, 7) is 2.79. The molecule has 0 radical (unpaired) electrons. The maximum absolute atomic E-state index is 6.34. The zero-order valence-corrected chi connectivity index (χ0v) is 12.9. The number of hydrogen-bond donors (Lipinski definition) is 1. The molecule has 0 bridgehead atoms. The van der Waals surface area contributed by atoms with Crippen LogP contribution in [0.25, 0.3) is 22.0 Å². The molecule has 3 heteroatoms. The highest BCUT2D eigenvalue weighted by Crippen LogP contribution is 2.28. The van der Waals surface area contributed by atoms with Crippen molar-refractivity contribution in [1.29, 1.82) is 0 Å². The molecular formula is C18H17ClN2. The first-order chi connectivity index (χ1) is 10.2. The van der Waals surface area contributed by atoms with Gasteiger partial charge in [0.15, 0.2) is 0 Å². The van der Waals surface area contributed by atoms with Gasteiger partial charge in [-0.15, -0.1) is 0 Å². The topological polar surface area (TPSA) is 24.9 Å². The average molecular weight is 297 g/mol. The number of benzene rings is 2. The summed E-state index contributed by atoms with van der Waals surface area (Å²) in [5.41, 5.74) is 5.46. The predicted molar refractivity (Wildman–Crippen MR) is 89.7 cm³/mol. The maximum Gasteiger partial charge on any atom is 0.0705 e. The zero-order valence-electron chi connectivity index (χ0n) is 12.2. The minimum Gasteiger partial charge on any atom is -0.316 e. The van der Waals surface area contributed by atoms with E-state index in [1.54, 1.807) is 0 Å². The number of nitrogens with zero attached hydrogens (tertiary/aromatic N) is 1. The quantitative estimate of drug-likeness (QED) is 0.765. The molecule has 21 heavy (non-hydrogen) atoms. The molecule has 0 saturated heterocycles. The lowest BCUT2D eigenvalue weighted by atomic mass is 10.0. The van der Waals surface area contributed by atoms with Crippen LogP contribution in [-0.2, 0) is 6.54 Å². The van der Waals surface area contributed by atoms with E-state index in [0.29, 0.717) is 0 Å². The minimum absolute atomic E-state index is 0.778. The second-order valence-corrected chi connectivity index (χ2v) is 5.60. The highest BCUT2D eigenvalue weighted by atomic mass is 35.5. The van der Waals surface area contributed by atoms with Crippen LogP contribution in [-0.4, -0.2) is 12.0 Å². The summed E-state index contributed by atoms with van der Waals surface area (Å²) < 4.78 is 0. The fraction of sp³-hybridized carbons (Fsp3) is 0.167. The number of aromatic nitrogens is 1. The minimum atomic E-state index is 0.778. The van der Waals surface area contributed by atoms with Crippen LogP contribution in [0.4, 0.5) is 0 Å². The number of fused-ring (bicyclic) bond motifs is 1. The van der Waals surface area contributed by atoms with E-state index >= 15 is 0 Å². The molecule has 2 aromatic carbocycles. The molecule has 0 fully saturated rings. The average Bonchev–Trinajstić information content (AvgIpc) is 2.49. The molecule has 106 valence electrons. The van der Waals surface area contributed by atoms with Gasteiger partial charge in [0.05, 0.1) is 5.52 Å². The van der Waals surface area contributed by atoms with Crippen LogP contribution in [0.3, 0.4) is 0 Å². The Morgan fingerprint density at radius 2 is 1.76 bits per heavy atom. The van der Waals surface area contributed by atoms with Crippen molar-refractivity contribution in [3.05, 3.63) is 64.8 Å². The molecule has 0 saturated carbocycles. The van der Waals surface area contributed by atoms with Crippen molar-refractivity contribution in [1.82, 2.24) is 10.3 Å². The zero-order chi connectivity index (χ0) is 14.8. The fourth-order valence-electron chi connectivity index (χ4n) is 2.47. The van der Waals surface area contributed by atoms with Crippen LogP contribution < -0.4 is 5.32 Å². The highest BCUT2D eigenvalue weighted by molar-refractivity contribution is 6.31. The van der Waals surface area contributed by atoms with Crippen molar-refractivity contribution < 1.29 is 0 Å². The summed E-state index contributed by atoms with van der Waals surface area (Å²) in [7, 11) is 1.92. The number of aryl methyl sites for hydroxylation is 1. The van der Waals surface area contributed by atoms with Gasteiger partial charge in [0.2, 0.25) is 0 Å². The normalized spacial score (nSPS) is 11.0. The summed E-state index contributed by atoms with van der Waals surface area (Å²) >= 11 is 6.34. The lowest BCUT2D eigenvalue weighted by Crippen LogP contribution is -2.05. The Kier molecular flexibility index (Phi) is 3.91. The van der Waals surface area contributed by atoms with Crippen LogP contribution >= 0.6 is 11.6 Å². The molecule has 1 aromatic heterocycles. The molecule has 3 aromatic rings. The van der Waals surface area contributed by atoms with Gasteiger partial charge in [-0.05, 0) is 54.9 Å². The largest absolute Gasteiger partial charge is 0.316 e. The van der Waals surface area contributed by atoms with Crippen molar-refractivity contribution >= 4 is 22.5 Å². The summed E-state index contributed by atoms with van der Waals surface area (Å²) in [5.74, 6) is 0. The van der Waals surface area contributed by atoms with E-state index in [1.807, 2.05) is 26.1 Å². The van der Waals surface area contributed by atoms with E-state index < -0.39 is 0 Å². The van der Waals surface area contributed by atoms with Crippen LogP contribution in [0, 0.1) is 6.92 Å². The summed E-state index contributed by atoms with van der Waals surface area (Å²) in [4.78, 5) is 4.53. The molecule has 0 atom stereocenters. The molecule has 0 unspecified atom stereocenters.